The van der Waals surface area contributed by atoms with Gasteiger partial charge in [-0.3, -0.25) is 4.79 Å². The van der Waals surface area contributed by atoms with Crippen molar-refractivity contribution in [2.45, 2.75) is 27.2 Å². The molecule has 0 saturated heterocycles. The highest BCUT2D eigenvalue weighted by Gasteiger charge is 2.11. The lowest BCUT2D eigenvalue weighted by Crippen LogP contribution is -2.14. The summed E-state index contributed by atoms with van der Waals surface area (Å²) >= 11 is 3.23. The summed E-state index contributed by atoms with van der Waals surface area (Å²) in [5, 5.41) is 4.96. The second-order valence-electron chi connectivity index (χ2n) is 4.88. The van der Waals surface area contributed by atoms with Crippen LogP contribution in [0.15, 0.2) is 18.2 Å². The Kier molecular flexibility index (Phi) is 3.73. The molecule has 0 aliphatic heterocycles. The summed E-state index contributed by atoms with van der Waals surface area (Å²) < 4.78 is 1.14. The van der Waals surface area contributed by atoms with Crippen molar-refractivity contribution >= 4 is 44.5 Å². The number of aryl methyl sites for hydroxylation is 3. The van der Waals surface area contributed by atoms with E-state index in [1.165, 1.54) is 0 Å². The molecule has 0 spiro atoms. The van der Waals surface area contributed by atoms with E-state index in [0.717, 1.165) is 36.5 Å². The third-order valence-electron chi connectivity index (χ3n) is 3.10. The second-order valence-corrected chi connectivity index (χ2v) is 7.40. The van der Waals surface area contributed by atoms with Crippen LogP contribution in [0.5, 0.6) is 0 Å². The smallest absolute Gasteiger partial charge is 0.229 e. The lowest BCUT2D eigenvalue weighted by molar-refractivity contribution is -0.115. The molecule has 0 unspecified atom stereocenters. The van der Waals surface area contributed by atoms with E-state index in [2.05, 4.69) is 15.3 Å². The van der Waals surface area contributed by atoms with Crippen molar-refractivity contribution in [1.82, 2.24) is 9.97 Å². The van der Waals surface area contributed by atoms with Gasteiger partial charge in [0, 0.05) is 10.6 Å². The Hall–Kier alpha value is -1.79. The van der Waals surface area contributed by atoms with Crippen LogP contribution in [0.3, 0.4) is 0 Å². The molecule has 3 aromatic rings. The number of aromatic nitrogens is 2. The van der Waals surface area contributed by atoms with Gasteiger partial charge in [-0.25, -0.2) is 9.97 Å². The van der Waals surface area contributed by atoms with Crippen LogP contribution in [0.2, 0.25) is 0 Å². The van der Waals surface area contributed by atoms with Crippen molar-refractivity contribution in [2.75, 3.05) is 5.32 Å². The Bertz CT molecular complexity index is 820. The van der Waals surface area contributed by atoms with Crippen LogP contribution in [0.1, 0.15) is 20.6 Å². The molecular weight excluding hydrogens is 302 g/mol. The first-order chi connectivity index (χ1) is 10.0. The van der Waals surface area contributed by atoms with Crippen LogP contribution < -0.4 is 5.32 Å². The van der Waals surface area contributed by atoms with Gasteiger partial charge in [0.25, 0.3) is 0 Å². The number of hydrogen-bond donors (Lipinski definition) is 1. The molecule has 6 heteroatoms. The molecule has 0 saturated carbocycles. The minimum Gasteiger partial charge on any atom is -0.326 e. The monoisotopic (exact) mass is 317 g/mol. The molecule has 0 bridgehead atoms. The maximum atomic E-state index is 12.1. The van der Waals surface area contributed by atoms with Gasteiger partial charge in [0.05, 0.1) is 32.3 Å². The quantitative estimate of drug-likeness (QED) is 0.798. The molecular formula is C15H15N3OS2. The molecule has 0 radical (unpaired) electrons. The highest BCUT2D eigenvalue weighted by molar-refractivity contribution is 7.18. The summed E-state index contributed by atoms with van der Waals surface area (Å²) in [7, 11) is 0. The summed E-state index contributed by atoms with van der Waals surface area (Å²) in [6.07, 6.45) is 0.367. The molecule has 0 aliphatic carbocycles. The van der Waals surface area contributed by atoms with E-state index in [4.69, 9.17) is 0 Å². The van der Waals surface area contributed by atoms with Crippen LogP contribution in [0.4, 0.5) is 5.69 Å². The number of fused-ring (bicyclic) bond motifs is 1. The van der Waals surface area contributed by atoms with E-state index in [1.807, 2.05) is 39.0 Å². The van der Waals surface area contributed by atoms with Crippen LogP contribution in [-0.2, 0) is 11.2 Å². The fourth-order valence-corrected chi connectivity index (χ4v) is 3.95. The van der Waals surface area contributed by atoms with Gasteiger partial charge >= 0.3 is 0 Å². The predicted molar refractivity (Wildman–Crippen MR) is 88.3 cm³/mol. The number of hydrogen-bond acceptors (Lipinski definition) is 5. The Morgan fingerprint density at radius 2 is 1.90 bits per heavy atom. The van der Waals surface area contributed by atoms with Crippen LogP contribution in [0.25, 0.3) is 10.2 Å². The predicted octanol–water partition coefficient (Wildman–Crippen LogP) is 3.86. The SMILES string of the molecule is Cc1nc(C)c(CC(=O)Nc2ccc3sc(C)nc3c2)s1. The zero-order valence-corrected chi connectivity index (χ0v) is 13.7. The molecule has 1 aromatic carbocycles. The second kappa shape index (κ2) is 5.54. The number of anilines is 1. The van der Waals surface area contributed by atoms with Crippen molar-refractivity contribution < 1.29 is 4.79 Å². The molecule has 0 atom stereocenters. The van der Waals surface area contributed by atoms with Crippen LogP contribution >= 0.6 is 22.7 Å². The van der Waals surface area contributed by atoms with E-state index in [1.54, 1.807) is 22.7 Å². The molecule has 0 fully saturated rings. The Morgan fingerprint density at radius 1 is 1.14 bits per heavy atom. The lowest BCUT2D eigenvalue weighted by Gasteiger charge is -2.04. The van der Waals surface area contributed by atoms with Crippen molar-refractivity contribution in [1.29, 1.82) is 0 Å². The normalized spacial score (nSPS) is 11.0. The van der Waals surface area contributed by atoms with Crippen molar-refractivity contribution in [3.8, 4) is 0 Å². The Morgan fingerprint density at radius 3 is 2.62 bits per heavy atom. The molecule has 21 heavy (non-hydrogen) atoms. The number of carbonyl (C=O) groups excluding carboxylic acids is 1. The molecule has 0 aliphatic rings. The molecule has 3 rings (SSSR count). The van der Waals surface area contributed by atoms with Gasteiger partial charge in [-0.15, -0.1) is 22.7 Å². The average Bonchev–Trinajstić information content (AvgIpc) is 2.90. The summed E-state index contributed by atoms with van der Waals surface area (Å²) in [6, 6.07) is 5.84. The standard InChI is InChI=1S/C15H15N3OS2/c1-8-14(21-9(2)16-8)7-15(19)18-11-4-5-13-12(6-11)17-10(3)20-13/h4-6H,7H2,1-3H3,(H,18,19). The number of amides is 1. The molecule has 4 nitrogen and oxygen atoms in total. The molecule has 1 N–H and O–H groups in total. The maximum absolute atomic E-state index is 12.1. The summed E-state index contributed by atoms with van der Waals surface area (Å²) in [5.41, 5.74) is 2.66. The van der Waals surface area contributed by atoms with Gasteiger partial charge < -0.3 is 5.32 Å². The zero-order valence-electron chi connectivity index (χ0n) is 12.1. The van der Waals surface area contributed by atoms with Crippen molar-refractivity contribution in [3.63, 3.8) is 0 Å². The van der Waals surface area contributed by atoms with Gasteiger partial charge in [0.15, 0.2) is 0 Å². The minimum atomic E-state index is -0.0203. The topological polar surface area (TPSA) is 54.9 Å². The van der Waals surface area contributed by atoms with Crippen molar-refractivity contribution in [2.24, 2.45) is 0 Å². The number of rotatable bonds is 3. The summed E-state index contributed by atoms with van der Waals surface area (Å²) in [6.45, 7) is 5.88. The maximum Gasteiger partial charge on any atom is 0.229 e. The molecule has 1 amide bonds. The van der Waals surface area contributed by atoms with E-state index in [-0.39, 0.29) is 5.91 Å². The number of benzene rings is 1. The third kappa shape index (κ3) is 3.11. The fraction of sp³-hybridized carbons (Fsp3) is 0.267. The van der Waals surface area contributed by atoms with Gasteiger partial charge in [0.1, 0.15) is 0 Å². The van der Waals surface area contributed by atoms with E-state index >= 15 is 0 Å². The third-order valence-corrected chi connectivity index (χ3v) is 5.12. The largest absolute Gasteiger partial charge is 0.326 e. The lowest BCUT2D eigenvalue weighted by atomic mass is 10.2. The van der Waals surface area contributed by atoms with Gasteiger partial charge in [-0.05, 0) is 39.0 Å². The van der Waals surface area contributed by atoms with Gasteiger partial charge in [0.2, 0.25) is 5.91 Å². The number of thiazole rings is 2. The Balaban J connectivity index is 1.75. The van der Waals surface area contributed by atoms with E-state index in [0.29, 0.717) is 6.42 Å². The number of nitrogens with one attached hydrogen (secondary N) is 1. The number of carbonyl (C=O) groups is 1. The highest BCUT2D eigenvalue weighted by atomic mass is 32.1. The average molecular weight is 317 g/mol. The Labute approximate surface area is 130 Å². The zero-order chi connectivity index (χ0) is 15.0. The molecule has 108 valence electrons. The first kappa shape index (κ1) is 14.2. The summed E-state index contributed by atoms with van der Waals surface area (Å²) in [4.78, 5) is 21.9. The van der Waals surface area contributed by atoms with Gasteiger partial charge in [-0.1, -0.05) is 0 Å². The van der Waals surface area contributed by atoms with Crippen molar-refractivity contribution in [3.05, 3.63) is 38.8 Å². The minimum absolute atomic E-state index is 0.0203. The summed E-state index contributed by atoms with van der Waals surface area (Å²) in [5.74, 6) is -0.0203. The first-order valence-corrected chi connectivity index (χ1v) is 8.24. The van der Waals surface area contributed by atoms with Gasteiger partial charge in [-0.2, -0.15) is 0 Å². The highest BCUT2D eigenvalue weighted by Crippen LogP contribution is 2.25. The molecule has 2 heterocycles. The first-order valence-electron chi connectivity index (χ1n) is 6.61. The van der Waals surface area contributed by atoms with E-state index in [9.17, 15) is 4.79 Å². The fourth-order valence-electron chi connectivity index (χ4n) is 2.21. The number of nitrogens with zero attached hydrogens (tertiary/aromatic N) is 2. The van der Waals surface area contributed by atoms with Crippen LogP contribution in [-0.4, -0.2) is 15.9 Å². The van der Waals surface area contributed by atoms with Crippen LogP contribution in [0, 0.1) is 20.8 Å². The molecule has 2 aromatic heterocycles. The van der Waals surface area contributed by atoms with E-state index < -0.39 is 0 Å².